The Morgan fingerprint density at radius 2 is 2.13 bits per heavy atom. The number of nitrogens with zero attached hydrogens (tertiary/aromatic N) is 1. The van der Waals surface area contributed by atoms with Gasteiger partial charge >= 0.3 is 0 Å². The highest BCUT2D eigenvalue weighted by atomic mass is 16.2. The maximum atomic E-state index is 11.9. The van der Waals surface area contributed by atoms with E-state index in [1.165, 1.54) is 19.3 Å². The van der Waals surface area contributed by atoms with E-state index < -0.39 is 0 Å². The highest BCUT2D eigenvalue weighted by molar-refractivity contribution is 5.76. The van der Waals surface area contributed by atoms with Crippen LogP contribution in [0.4, 0.5) is 0 Å². The first-order valence-electron chi connectivity index (χ1n) is 6.27. The van der Waals surface area contributed by atoms with E-state index in [9.17, 15) is 4.79 Å². The van der Waals surface area contributed by atoms with Gasteiger partial charge in [0, 0.05) is 25.6 Å². The lowest BCUT2D eigenvalue weighted by molar-refractivity contribution is -0.133. The van der Waals surface area contributed by atoms with Crippen LogP contribution in [0, 0.1) is 5.92 Å². The molecule has 0 radical (unpaired) electrons. The van der Waals surface area contributed by atoms with E-state index >= 15 is 0 Å². The van der Waals surface area contributed by atoms with E-state index in [-0.39, 0.29) is 0 Å². The Morgan fingerprint density at radius 1 is 1.27 bits per heavy atom. The molecule has 0 spiro atoms. The van der Waals surface area contributed by atoms with E-state index in [4.69, 9.17) is 0 Å². The fraction of sp³-hybridized carbons (Fsp3) is 0.917. The second-order valence-corrected chi connectivity index (χ2v) is 5.05. The molecule has 2 aliphatic rings. The van der Waals surface area contributed by atoms with Gasteiger partial charge in [-0.2, -0.15) is 0 Å². The van der Waals surface area contributed by atoms with Crippen molar-refractivity contribution in [2.24, 2.45) is 5.92 Å². The van der Waals surface area contributed by atoms with Crippen molar-refractivity contribution in [1.82, 2.24) is 10.2 Å². The summed E-state index contributed by atoms with van der Waals surface area (Å²) < 4.78 is 0. The van der Waals surface area contributed by atoms with Gasteiger partial charge in [0.05, 0.1) is 0 Å². The summed E-state index contributed by atoms with van der Waals surface area (Å²) in [4.78, 5) is 14.1. The topological polar surface area (TPSA) is 32.3 Å². The number of amides is 1. The van der Waals surface area contributed by atoms with Crippen LogP contribution in [0.3, 0.4) is 0 Å². The summed E-state index contributed by atoms with van der Waals surface area (Å²) in [7, 11) is 0. The van der Waals surface area contributed by atoms with Crippen molar-refractivity contribution in [3.05, 3.63) is 0 Å². The number of carbonyl (C=O) groups excluding carboxylic acids is 1. The van der Waals surface area contributed by atoms with E-state index in [1.54, 1.807) is 0 Å². The molecular formula is C12H22N2O. The van der Waals surface area contributed by atoms with E-state index in [1.807, 2.05) is 0 Å². The molecule has 1 N–H and O–H groups in total. The van der Waals surface area contributed by atoms with Crippen molar-refractivity contribution >= 4 is 5.91 Å². The maximum Gasteiger partial charge on any atom is 0.222 e. The molecule has 0 aromatic rings. The highest BCUT2D eigenvalue weighted by Crippen LogP contribution is 2.20. The van der Waals surface area contributed by atoms with Crippen LogP contribution in [0.5, 0.6) is 0 Å². The minimum absolute atomic E-state index is 0.383. The second-order valence-electron chi connectivity index (χ2n) is 5.05. The molecule has 15 heavy (non-hydrogen) atoms. The molecule has 1 amide bonds. The van der Waals surface area contributed by atoms with Gasteiger partial charge in [0.1, 0.15) is 0 Å². The van der Waals surface area contributed by atoms with Crippen LogP contribution in [0.1, 0.15) is 39.0 Å². The third-order valence-electron chi connectivity index (χ3n) is 3.60. The average Bonchev–Trinajstić information content (AvgIpc) is 2.43. The number of carbonyl (C=O) groups is 1. The molecule has 86 valence electrons. The first-order valence-corrected chi connectivity index (χ1v) is 6.27. The first kappa shape index (κ1) is 10.9. The zero-order valence-electron chi connectivity index (χ0n) is 9.67. The highest BCUT2D eigenvalue weighted by Gasteiger charge is 2.28. The Morgan fingerprint density at radius 3 is 2.93 bits per heavy atom. The minimum atomic E-state index is 0.383. The molecule has 2 fully saturated rings. The molecule has 0 aromatic carbocycles. The number of piperidine rings is 1. The van der Waals surface area contributed by atoms with Crippen molar-refractivity contribution in [1.29, 1.82) is 0 Å². The Labute approximate surface area is 92.2 Å². The van der Waals surface area contributed by atoms with Crippen molar-refractivity contribution in [2.75, 3.05) is 19.6 Å². The maximum absolute atomic E-state index is 11.9. The van der Waals surface area contributed by atoms with E-state index in [0.29, 0.717) is 17.9 Å². The molecular weight excluding hydrogens is 188 g/mol. The zero-order valence-corrected chi connectivity index (χ0v) is 9.67. The minimum Gasteiger partial charge on any atom is -0.338 e. The number of rotatable bonds is 1. The first-order chi connectivity index (χ1) is 7.27. The lowest BCUT2D eigenvalue weighted by Crippen LogP contribution is -2.50. The predicted molar refractivity (Wildman–Crippen MR) is 60.6 cm³/mol. The summed E-state index contributed by atoms with van der Waals surface area (Å²) in [6.07, 6.45) is 5.45. The molecule has 0 bridgehead atoms. The Hall–Kier alpha value is -0.570. The summed E-state index contributed by atoms with van der Waals surface area (Å²) in [5.74, 6) is 1.09. The number of likely N-dealkylation sites (tertiary alicyclic amines) is 1. The van der Waals surface area contributed by atoms with Gasteiger partial charge in [-0.1, -0.05) is 13.3 Å². The van der Waals surface area contributed by atoms with E-state index in [2.05, 4.69) is 17.1 Å². The molecule has 2 saturated heterocycles. The SMILES string of the molecule is CC1CNCC(N2CCCCCC2=O)C1. The summed E-state index contributed by atoms with van der Waals surface area (Å²) in [6, 6.07) is 0.458. The largest absolute Gasteiger partial charge is 0.338 e. The smallest absolute Gasteiger partial charge is 0.222 e. The zero-order chi connectivity index (χ0) is 10.7. The fourth-order valence-corrected chi connectivity index (χ4v) is 2.75. The average molecular weight is 210 g/mol. The molecule has 0 aromatic heterocycles. The van der Waals surface area contributed by atoms with Gasteiger partial charge in [0.15, 0.2) is 0 Å². The molecule has 2 unspecified atom stereocenters. The van der Waals surface area contributed by atoms with Crippen LogP contribution in [-0.2, 0) is 4.79 Å². The summed E-state index contributed by atoms with van der Waals surface area (Å²) in [5, 5.41) is 3.43. The van der Waals surface area contributed by atoms with Gasteiger partial charge in [-0.15, -0.1) is 0 Å². The molecule has 2 rings (SSSR count). The van der Waals surface area contributed by atoms with E-state index in [0.717, 1.165) is 32.5 Å². The van der Waals surface area contributed by atoms with Gasteiger partial charge in [-0.3, -0.25) is 4.79 Å². The van der Waals surface area contributed by atoms with Crippen LogP contribution < -0.4 is 5.32 Å². The van der Waals surface area contributed by atoms with Gasteiger partial charge in [0.2, 0.25) is 5.91 Å². The molecule has 3 nitrogen and oxygen atoms in total. The molecule has 0 saturated carbocycles. The number of nitrogens with one attached hydrogen (secondary N) is 1. The van der Waals surface area contributed by atoms with Gasteiger partial charge < -0.3 is 10.2 Å². The predicted octanol–water partition coefficient (Wildman–Crippen LogP) is 1.39. The Bertz CT molecular complexity index is 230. The van der Waals surface area contributed by atoms with Crippen LogP contribution in [0.2, 0.25) is 0 Å². The summed E-state index contributed by atoms with van der Waals surface area (Å²) >= 11 is 0. The van der Waals surface area contributed by atoms with Crippen LogP contribution >= 0.6 is 0 Å². The molecule has 3 heteroatoms. The third-order valence-corrected chi connectivity index (χ3v) is 3.60. The summed E-state index contributed by atoms with van der Waals surface area (Å²) in [5.41, 5.74) is 0. The number of hydrogen-bond donors (Lipinski definition) is 1. The van der Waals surface area contributed by atoms with Crippen molar-refractivity contribution in [2.45, 2.75) is 45.1 Å². The van der Waals surface area contributed by atoms with Crippen LogP contribution in [0.15, 0.2) is 0 Å². The lowest BCUT2D eigenvalue weighted by Gasteiger charge is -2.36. The number of hydrogen-bond acceptors (Lipinski definition) is 2. The quantitative estimate of drug-likeness (QED) is 0.709. The van der Waals surface area contributed by atoms with Crippen molar-refractivity contribution < 1.29 is 4.79 Å². The Kier molecular flexibility index (Phi) is 3.62. The van der Waals surface area contributed by atoms with Gasteiger partial charge in [0.25, 0.3) is 0 Å². The van der Waals surface area contributed by atoms with Crippen molar-refractivity contribution in [3.63, 3.8) is 0 Å². The van der Waals surface area contributed by atoms with Crippen LogP contribution in [0.25, 0.3) is 0 Å². The molecule has 2 aliphatic heterocycles. The molecule has 0 aliphatic carbocycles. The lowest BCUT2D eigenvalue weighted by atomic mass is 9.96. The van der Waals surface area contributed by atoms with Gasteiger partial charge in [-0.25, -0.2) is 0 Å². The fourth-order valence-electron chi connectivity index (χ4n) is 2.75. The molecule has 2 atom stereocenters. The third kappa shape index (κ3) is 2.71. The van der Waals surface area contributed by atoms with Gasteiger partial charge in [-0.05, 0) is 31.7 Å². The monoisotopic (exact) mass is 210 g/mol. The Balaban J connectivity index is 1.97. The second kappa shape index (κ2) is 4.97. The standard InChI is InChI=1S/C12H22N2O/c1-10-7-11(9-13-8-10)14-6-4-2-3-5-12(14)15/h10-11,13H,2-9H2,1H3. The van der Waals surface area contributed by atoms with Crippen LogP contribution in [-0.4, -0.2) is 36.5 Å². The normalized spacial score (nSPS) is 33.9. The molecule has 2 heterocycles. The summed E-state index contributed by atoms with van der Waals surface area (Å²) in [6.45, 7) is 5.36. The van der Waals surface area contributed by atoms with Crippen molar-refractivity contribution in [3.8, 4) is 0 Å².